The van der Waals surface area contributed by atoms with Crippen LogP contribution < -0.4 is 20.7 Å². The third-order valence-corrected chi connectivity index (χ3v) is 4.06. The van der Waals surface area contributed by atoms with Gasteiger partial charge in [0, 0.05) is 18.2 Å². The quantitative estimate of drug-likeness (QED) is 0.770. The van der Waals surface area contributed by atoms with E-state index >= 15 is 0 Å². The van der Waals surface area contributed by atoms with Gasteiger partial charge in [-0.1, -0.05) is 18.2 Å². The number of carbonyl (C=O) groups excluding carboxylic acids is 3. The van der Waals surface area contributed by atoms with Gasteiger partial charge < -0.3 is 15.4 Å². The Labute approximate surface area is 150 Å². The summed E-state index contributed by atoms with van der Waals surface area (Å²) in [6, 6.07) is 15.4. The number of carbonyl (C=O) groups is 3. The molecular weight excluding hydrogens is 334 g/mol. The van der Waals surface area contributed by atoms with E-state index in [0.717, 1.165) is 5.75 Å². The van der Waals surface area contributed by atoms with Crippen molar-refractivity contribution in [2.24, 2.45) is 5.92 Å². The van der Waals surface area contributed by atoms with Crippen LogP contribution in [0.4, 0.5) is 10.5 Å². The van der Waals surface area contributed by atoms with Crippen LogP contribution in [0.25, 0.3) is 0 Å². The minimum atomic E-state index is -0.603. The molecule has 0 spiro atoms. The van der Waals surface area contributed by atoms with E-state index in [2.05, 4.69) is 16.0 Å². The predicted octanol–water partition coefficient (Wildman–Crippen LogP) is 2.65. The Bertz CT molecular complexity index is 805. The van der Waals surface area contributed by atoms with E-state index in [1.54, 1.807) is 31.2 Å². The summed E-state index contributed by atoms with van der Waals surface area (Å²) in [7, 11) is 0. The molecule has 3 rings (SSSR count). The highest BCUT2D eigenvalue weighted by atomic mass is 16.5. The maximum atomic E-state index is 12.2. The summed E-state index contributed by atoms with van der Waals surface area (Å²) in [5.74, 6) is 0.0297. The molecule has 7 nitrogen and oxygen atoms in total. The number of benzene rings is 2. The van der Waals surface area contributed by atoms with Crippen molar-refractivity contribution >= 4 is 23.5 Å². The minimum Gasteiger partial charge on any atom is -0.457 e. The molecule has 2 aromatic carbocycles. The van der Waals surface area contributed by atoms with Crippen LogP contribution in [0.1, 0.15) is 13.3 Å². The van der Waals surface area contributed by atoms with Gasteiger partial charge in [0.1, 0.15) is 11.5 Å². The number of para-hydroxylation sites is 1. The predicted molar refractivity (Wildman–Crippen MR) is 95.8 cm³/mol. The van der Waals surface area contributed by atoms with Gasteiger partial charge in [0.2, 0.25) is 11.8 Å². The number of amides is 4. The lowest BCUT2D eigenvalue weighted by Crippen LogP contribution is -2.57. The first-order valence-electron chi connectivity index (χ1n) is 8.25. The number of ether oxygens (including phenoxy) is 1. The Balaban J connectivity index is 1.56. The van der Waals surface area contributed by atoms with Gasteiger partial charge in [-0.2, -0.15) is 0 Å². The fraction of sp³-hybridized carbons (Fsp3) is 0.211. The number of hydrogen-bond donors (Lipinski definition) is 3. The fourth-order valence-electron chi connectivity index (χ4n) is 2.69. The zero-order valence-corrected chi connectivity index (χ0v) is 14.2. The summed E-state index contributed by atoms with van der Waals surface area (Å²) < 4.78 is 5.69. The Morgan fingerprint density at radius 3 is 2.35 bits per heavy atom. The molecule has 0 aromatic heterocycles. The number of anilines is 1. The first kappa shape index (κ1) is 17.5. The third-order valence-electron chi connectivity index (χ3n) is 4.06. The van der Waals surface area contributed by atoms with Crippen LogP contribution >= 0.6 is 0 Å². The van der Waals surface area contributed by atoms with Crippen LogP contribution in [0.15, 0.2) is 54.6 Å². The van der Waals surface area contributed by atoms with E-state index in [-0.39, 0.29) is 12.3 Å². The van der Waals surface area contributed by atoms with Crippen LogP contribution in [-0.2, 0) is 9.59 Å². The normalized spacial score (nSPS) is 19.3. The number of hydrogen-bond acceptors (Lipinski definition) is 4. The summed E-state index contributed by atoms with van der Waals surface area (Å²) in [4.78, 5) is 35.3. The monoisotopic (exact) mass is 353 g/mol. The van der Waals surface area contributed by atoms with Crippen LogP contribution in [0, 0.1) is 5.92 Å². The van der Waals surface area contributed by atoms with Gasteiger partial charge in [-0.25, -0.2) is 4.79 Å². The summed E-state index contributed by atoms with van der Waals surface area (Å²) in [6.07, 6.45) is -0.0183. The number of imide groups is 1. The highest BCUT2D eigenvalue weighted by Gasteiger charge is 2.34. The lowest BCUT2D eigenvalue weighted by molar-refractivity contribution is -0.129. The molecule has 134 valence electrons. The highest BCUT2D eigenvalue weighted by molar-refractivity contribution is 6.01. The van der Waals surface area contributed by atoms with Crippen molar-refractivity contribution in [3.8, 4) is 11.5 Å². The summed E-state index contributed by atoms with van der Waals surface area (Å²) in [5.41, 5.74) is 0.600. The van der Waals surface area contributed by atoms with Crippen LogP contribution in [0.2, 0.25) is 0 Å². The van der Waals surface area contributed by atoms with Gasteiger partial charge in [-0.05, 0) is 43.3 Å². The molecule has 26 heavy (non-hydrogen) atoms. The molecule has 3 N–H and O–H groups in total. The number of rotatable bonds is 5. The maximum Gasteiger partial charge on any atom is 0.321 e. The number of nitrogens with one attached hydrogen (secondary N) is 3. The van der Waals surface area contributed by atoms with Crippen LogP contribution in [0.3, 0.4) is 0 Å². The molecule has 0 bridgehead atoms. The molecule has 7 heteroatoms. The molecule has 2 unspecified atom stereocenters. The smallest absolute Gasteiger partial charge is 0.321 e. The van der Waals surface area contributed by atoms with Gasteiger partial charge in [0.25, 0.3) is 0 Å². The Morgan fingerprint density at radius 1 is 1.04 bits per heavy atom. The van der Waals surface area contributed by atoms with Crippen molar-refractivity contribution in [3.63, 3.8) is 0 Å². The molecule has 0 saturated carbocycles. The Morgan fingerprint density at radius 2 is 1.69 bits per heavy atom. The van der Waals surface area contributed by atoms with E-state index in [0.29, 0.717) is 11.4 Å². The molecule has 0 radical (unpaired) electrons. The molecule has 4 amide bonds. The fourth-order valence-corrected chi connectivity index (χ4v) is 2.69. The average Bonchev–Trinajstić information content (AvgIpc) is 2.61. The average molecular weight is 353 g/mol. The molecule has 0 aliphatic carbocycles. The van der Waals surface area contributed by atoms with E-state index in [4.69, 9.17) is 4.74 Å². The van der Waals surface area contributed by atoms with Crippen molar-refractivity contribution < 1.29 is 19.1 Å². The van der Waals surface area contributed by atoms with E-state index in [1.165, 1.54) is 0 Å². The highest BCUT2D eigenvalue weighted by Crippen LogP contribution is 2.23. The molecule has 1 saturated heterocycles. The standard InChI is InChI=1S/C19H19N3O4/c1-12-16(18(24)22-19(25)20-12)11-17(23)21-13-7-9-15(10-8-13)26-14-5-3-2-4-6-14/h2-10,12,16H,11H2,1H3,(H,21,23)(H2,20,22,24,25). The molecule has 2 aromatic rings. The van der Waals surface area contributed by atoms with Gasteiger partial charge >= 0.3 is 6.03 Å². The summed E-state index contributed by atoms with van der Waals surface area (Å²) in [5, 5.41) is 7.51. The first-order valence-corrected chi connectivity index (χ1v) is 8.25. The summed E-state index contributed by atoms with van der Waals surface area (Å²) in [6.45, 7) is 1.70. The largest absolute Gasteiger partial charge is 0.457 e. The van der Waals surface area contributed by atoms with E-state index in [9.17, 15) is 14.4 Å². The minimum absolute atomic E-state index is 0.0183. The molecule has 1 fully saturated rings. The van der Waals surface area contributed by atoms with E-state index < -0.39 is 23.9 Å². The molecule has 2 atom stereocenters. The SMILES string of the molecule is CC1NC(=O)NC(=O)C1CC(=O)Nc1ccc(Oc2ccccc2)cc1. The zero-order valence-electron chi connectivity index (χ0n) is 14.2. The van der Waals surface area contributed by atoms with Gasteiger partial charge in [-0.15, -0.1) is 0 Å². The van der Waals surface area contributed by atoms with Crippen molar-refractivity contribution in [3.05, 3.63) is 54.6 Å². The molecule has 1 heterocycles. The van der Waals surface area contributed by atoms with Crippen LogP contribution in [0.5, 0.6) is 11.5 Å². The molecule has 1 aliphatic heterocycles. The second-order valence-corrected chi connectivity index (χ2v) is 6.05. The Kier molecular flexibility index (Phi) is 5.17. The lowest BCUT2D eigenvalue weighted by Gasteiger charge is -2.28. The summed E-state index contributed by atoms with van der Waals surface area (Å²) >= 11 is 0. The second-order valence-electron chi connectivity index (χ2n) is 6.05. The lowest BCUT2D eigenvalue weighted by atomic mass is 9.94. The van der Waals surface area contributed by atoms with Gasteiger partial charge in [0.05, 0.1) is 5.92 Å². The molecular formula is C19H19N3O4. The molecule has 1 aliphatic rings. The third kappa shape index (κ3) is 4.38. The van der Waals surface area contributed by atoms with Crippen molar-refractivity contribution in [2.75, 3.05) is 5.32 Å². The Hall–Kier alpha value is -3.35. The second kappa shape index (κ2) is 7.69. The zero-order chi connectivity index (χ0) is 18.5. The van der Waals surface area contributed by atoms with Crippen molar-refractivity contribution in [1.82, 2.24) is 10.6 Å². The van der Waals surface area contributed by atoms with Crippen LogP contribution in [-0.4, -0.2) is 23.9 Å². The van der Waals surface area contributed by atoms with E-state index in [1.807, 2.05) is 30.3 Å². The van der Waals surface area contributed by atoms with Gasteiger partial charge in [-0.3, -0.25) is 14.9 Å². The topological polar surface area (TPSA) is 96.5 Å². The van der Waals surface area contributed by atoms with Gasteiger partial charge in [0.15, 0.2) is 0 Å². The first-order chi connectivity index (χ1) is 12.5. The number of urea groups is 1. The van der Waals surface area contributed by atoms with Crippen molar-refractivity contribution in [2.45, 2.75) is 19.4 Å². The van der Waals surface area contributed by atoms with Crippen molar-refractivity contribution in [1.29, 1.82) is 0 Å². The maximum absolute atomic E-state index is 12.2.